The van der Waals surface area contributed by atoms with Crippen LogP contribution in [-0.2, 0) is 14.8 Å². The molecule has 1 amide bonds. The molecule has 0 aromatic heterocycles. The third-order valence-corrected chi connectivity index (χ3v) is 7.09. The molecule has 1 atom stereocenters. The number of amides is 1. The maximum Gasteiger partial charge on any atom is 0.246 e. The molecule has 9 heteroatoms. The lowest BCUT2D eigenvalue weighted by atomic mass is 10.1. The van der Waals surface area contributed by atoms with Crippen molar-refractivity contribution in [3.8, 4) is 11.8 Å². The first-order chi connectivity index (χ1) is 15.3. The number of methoxy groups -OCH3 is 1. The van der Waals surface area contributed by atoms with Gasteiger partial charge >= 0.3 is 0 Å². The Labute approximate surface area is 187 Å². The number of nitrogens with zero attached hydrogens (tertiary/aromatic N) is 2. The van der Waals surface area contributed by atoms with Crippen molar-refractivity contribution in [1.29, 1.82) is 5.26 Å². The van der Waals surface area contributed by atoms with E-state index in [-0.39, 0.29) is 10.6 Å². The first-order valence-corrected chi connectivity index (χ1v) is 11.6. The summed E-state index contributed by atoms with van der Waals surface area (Å²) in [6.45, 7) is 0.930. The van der Waals surface area contributed by atoms with E-state index in [0.29, 0.717) is 24.2 Å². The molecule has 1 unspecified atom stereocenters. The fraction of sp³-hybridized carbons (Fsp3) is 0.304. The average Bonchev–Trinajstić information content (AvgIpc) is 2.82. The lowest BCUT2D eigenvalue weighted by molar-refractivity contribution is -0.116. The Bertz CT molecular complexity index is 1130. The van der Waals surface area contributed by atoms with Crippen LogP contribution in [0.2, 0.25) is 0 Å². The molecular formula is C23H24FN3O4S. The quantitative estimate of drug-likeness (QED) is 0.643. The summed E-state index contributed by atoms with van der Waals surface area (Å²) in [7, 11) is -2.32. The van der Waals surface area contributed by atoms with Crippen molar-refractivity contribution in [2.45, 2.75) is 30.2 Å². The number of piperidine rings is 1. The topological polar surface area (TPSA) is 99.5 Å². The Morgan fingerprint density at radius 3 is 2.50 bits per heavy atom. The van der Waals surface area contributed by atoms with E-state index >= 15 is 0 Å². The molecule has 1 aliphatic rings. The summed E-state index contributed by atoms with van der Waals surface area (Å²) in [5, 5.41) is 11.9. The summed E-state index contributed by atoms with van der Waals surface area (Å²) in [6, 6.07) is 10.9. The fourth-order valence-corrected chi connectivity index (χ4v) is 5.16. The van der Waals surface area contributed by atoms with Crippen LogP contribution in [0.1, 0.15) is 36.4 Å². The highest BCUT2D eigenvalue weighted by atomic mass is 32.2. The number of benzene rings is 2. The van der Waals surface area contributed by atoms with Crippen molar-refractivity contribution in [1.82, 2.24) is 9.62 Å². The van der Waals surface area contributed by atoms with E-state index in [1.807, 2.05) is 6.07 Å². The van der Waals surface area contributed by atoms with Crippen LogP contribution >= 0.6 is 0 Å². The van der Waals surface area contributed by atoms with Gasteiger partial charge in [0.05, 0.1) is 13.2 Å². The van der Waals surface area contributed by atoms with Gasteiger partial charge in [0.15, 0.2) is 0 Å². The molecule has 2 aromatic rings. The molecule has 32 heavy (non-hydrogen) atoms. The van der Waals surface area contributed by atoms with Crippen LogP contribution in [-0.4, -0.2) is 38.8 Å². The Morgan fingerprint density at radius 1 is 1.19 bits per heavy atom. The van der Waals surface area contributed by atoms with E-state index in [4.69, 9.17) is 4.74 Å². The molecule has 1 fully saturated rings. The van der Waals surface area contributed by atoms with Gasteiger partial charge in [0.25, 0.3) is 0 Å². The number of carbonyl (C=O) groups excluding carboxylic acids is 1. The smallest absolute Gasteiger partial charge is 0.246 e. The van der Waals surface area contributed by atoms with Crippen molar-refractivity contribution >= 4 is 22.0 Å². The van der Waals surface area contributed by atoms with E-state index < -0.39 is 27.8 Å². The molecule has 3 rings (SSSR count). The summed E-state index contributed by atoms with van der Waals surface area (Å²) < 4.78 is 46.0. The van der Waals surface area contributed by atoms with E-state index in [9.17, 15) is 22.9 Å². The minimum atomic E-state index is -3.73. The number of hydrogen-bond donors (Lipinski definition) is 1. The molecule has 1 aliphatic heterocycles. The zero-order valence-electron chi connectivity index (χ0n) is 17.6. The Balaban J connectivity index is 1.78. The van der Waals surface area contributed by atoms with Gasteiger partial charge in [0, 0.05) is 19.2 Å². The molecule has 7 nitrogen and oxygen atoms in total. The van der Waals surface area contributed by atoms with E-state index in [0.717, 1.165) is 19.3 Å². The summed E-state index contributed by atoms with van der Waals surface area (Å²) in [6.07, 6.45) is 5.31. The van der Waals surface area contributed by atoms with Crippen LogP contribution in [0.4, 0.5) is 4.39 Å². The van der Waals surface area contributed by atoms with Gasteiger partial charge in [-0.3, -0.25) is 4.79 Å². The zero-order valence-corrected chi connectivity index (χ0v) is 18.4. The second-order valence-electron chi connectivity index (χ2n) is 7.33. The zero-order chi connectivity index (χ0) is 23.1. The molecule has 168 valence electrons. The van der Waals surface area contributed by atoms with Gasteiger partial charge in [0.1, 0.15) is 22.5 Å². The molecule has 1 N–H and O–H groups in total. The first kappa shape index (κ1) is 23.4. The maximum absolute atomic E-state index is 13.1. The largest absolute Gasteiger partial charge is 0.495 e. The number of rotatable bonds is 7. The maximum atomic E-state index is 13.1. The third-order valence-electron chi connectivity index (χ3n) is 5.17. The molecule has 1 heterocycles. The monoisotopic (exact) mass is 457 g/mol. The lowest BCUT2D eigenvalue weighted by Crippen LogP contribution is -2.35. The van der Waals surface area contributed by atoms with Crippen molar-refractivity contribution in [3.05, 3.63) is 65.5 Å². The highest BCUT2D eigenvalue weighted by Gasteiger charge is 2.29. The van der Waals surface area contributed by atoms with Crippen LogP contribution in [0.5, 0.6) is 5.75 Å². The normalized spacial score (nSPS) is 15.8. The molecule has 0 spiro atoms. The second kappa shape index (κ2) is 10.4. The van der Waals surface area contributed by atoms with Crippen molar-refractivity contribution in [2.75, 3.05) is 20.2 Å². The highest BCUT2D eigenvalue weighted by Crippen LogP contribution is 2.30. The Kier molecular flexibility index (Phi) is 7.62. The van der Waals surface area contributed by atoms with Crippen LogP contribution in [0.25, 0.3) is 6.08 Å². The standard InChI is InChI=1S/C23H24FN3O4S/c1-31-21-11-5-17(15-22(21)32(29,30)27-13-3-2-4-14-27)6-12-23(28)26-20(16-25)18-7-9-19(24)10-8-18/h5-12,15,20H,2-4,13-14H2,1H3,(H,26,28). The number of carbonyl (C=O) groups is 1. The van der Waals surface area contributed by atoms with Gasteiger partial charge in [0.2, 0.25) is 15.9 Å². The van der Waals surface area contributed by atoms with Crippen LogP contribution < -0.4 is 10.1 Å². The van der Waals surface area contributed by atoms with Crippen LogP contribution in [0, 0.1) is 17.1 Å². The summed E-state index contributed by atoms with van der Waals surface area (Å²) in [4.78, 5) is 12.4. The van der Waals surface area contributed by atoms with E-state index in [2.05, 4.69) is 5.32 Å². The van der Waals surface area contributed by atoms with Crippen molar-refractivity contribution in [3.63, 3.8) is 0 Å². The van der Waals surface area contributed by atoms with Gasteiger partial charge in [-0.2, -0.15) is 9.57 Å². The Hall–Kier alpha value is -3.22. The number of nitriles is 1. The third kappa shape index (κ3) is 5.52. The molecule has 0 saturated carbocycles. The second-order valence-corrected chi connectivity index (χ2v) is 9.24. The van der Waals surface area contributed by atoms with Gasteiger partial charge in [-0.1, -0.05) is 24.6 Å². The predicted molar refractivity (Wildman–Crippen MR) is 118 cm³/mol. The minimum Gasteiger partial charge on any atom is -0.495 e. The van der Waals surface area contributed by atoms with E-state index in [1.54, 1.807) is 12.1 Å². The molecule has 0 bridgehead atoms. The van der Waals surface area contributed by atoms with E-state index in [1.165, 1.54) is 53.9 Å². The average molecular weight is 458 g/mol. The van der Waals surface area contributed by atoms with Crippen LogP contribution in [0.3, 0.4) is 0 Å². The summed E-state index contributed by atoms with van der Waals surface area (Å²) in [5.74, 6) is -0.748. The predicted octanol–water partition coefficient (Wildman–Crippen LogP) is 3.40. The minimum absolute atomic E-state index is 0.0469. The van der Waals surface area contributed by atoms with Crippen molar-refractivity contribution in [2.24, 2.45) is 0 Å². The fourth-order valence-electron chi connectivity index (χ4n) is 3.45. The number of sulfonamides is 1. The molecule has 0 radical (unpaired) electrons. The van der Waals surface area contributed by atoms with Gasteiger partial charge in [-0.05, 0) is 54.3 Å². The molecular weight excluding hydrogens is 433 g/mol. The van der Waals surface area contributed by atoms with Gasteiger partial charge in [-0.25, -0.2) is 12.8 Å². The molecule has 0 aliphatic carbocycles. The summed E-state index contributed by atoms with van der Waals surface area (Å²) in [5.41, 5.74) is 0.946. The Morgan fingerprint density at radius 2 is 1.88 bits per heavy atom. The van der Waals surface area contributed by atoms with Crippen molar-refractivity contribution < 1.29 is 22.3 Å². The summed E-state index contributed by atoms with van der Waals surface area (Å²) >= 11 is 0. The SMILES string of the molecule is COc1ccc(C=CC(=O)NC(C#N)c2ccc(F)cc2)cc1S(=O)(=O)N1CCCCC1. The number of halogens is 1. The molecule has 1 saturated heterocycles. The van der Waals surface area contributed by atoms with Crippen LogP contribution in [0.15, 0.2) is 53.4 Å². The number of ether oxygens (including phenoxy) is 1. The number of hydrogen-bond acceptors (Lipinski definition) is 5. The first-order valence-electron chi connectivity index (χ1n) is 10.2. The van der Waals surface area contributed by atoms with Gasteiger partial charge < -0.3 is 10.1 Å². The van der Waals surface area contributed by atoms with Gasteiger partial charge in [-0.15, -0.1) is 0 Å². The highest BCUT2D eigenvalue weighted by molar-refractivity contribution is 7.89. The lowest BCUT2D eigenvalue weighted by Gasteiger charge is -2.26. The molecule has 2 aromatic carbocycles. The number of nitrogens with one attached hydrogen (secondary N) is 1.